The fourth-order valence-corrected chi connectivity index (χ4v) is 2.09. The third-order valence-electron chi connectivity index (χ3n) is 3.16. The zero-order valence-corrected chi connectivity index (χ0v) is 10.1. The molecule has 1 aromatic rings. The molecule has 2 rings (SSSR count). The molecule has 0 amide bonds. The number of hydrogen-bond donors (Lipinski definition) is 1. The molecule has 0 unspecified atom stereocenters. The number of hydrogen-bond acceptors (Lipinski definition) is 2. The van der Waals surface area contributed by atoms with Crippen LogP contribution in [0.15, 0.2) is 18.2 Å². The average Bonchev–Trinajstić information content (AvgIpc) is 2.33. The Balaban J connectivity index is 2.03. The lowest BCUT2D eigenvalue weighted by Crippen LogP contribution is -2.28. The quantitative estimate of drug-likeness (QED) is 0.780. The first-order valence-corrected chi connectivity index (χ1v) is 6.04. The van der Waals surface area contributed by atoms with Gasteiger partial charge in [-0.2, -0.15) is 0 Å². The standard InChI is InChI=1S/C13H19BNO/c1-10-9-11(14-2)3-4-13(10)15-12-5-7-16-8-6-12/h3-4,9,12,15H,5-8H2,1-2H3. The van der Waals surface area contributed by atoms with E-state index in [2.05, 4.69) is 44.5 Å². The Hall–Kier alpha value is -0.955. The molecule has 0 aromatic heterocycles. The van der Waals surface area contributed by atoms with Crippen molar-refractivity contribution in [2.45, 2.75) is 32.6 Å². The highest BCUT2D eigenvalue weighted by Crippen LogP contribution is 2.17. The van der Waals surface area contributed by atoms with Gasteiger partial charge < -0.3 is 10.1 Å². The van der Waals surface area contributed by atoms with E-state index in [0.29, 0.717) is 6.04 Å². The maximum Gasteiger partial charge on any atom is 0.148 e. The summed E-state index contributed by atoms with van der Waals surface area (Å²) in [5.74, 6) is 0. The smallest absolute Gasteiger partial charge is 0.148 e. The van der Waals surface area contributed by atoms with Crippen LogP contribution in [0.25, 0.3) is 0 Å². The number of ether oxygens (including phenoxy) is 1. The molecule has 1 saturated heterocycles. The Bertz CT molecular complexity index is 348. The van der Waals surface area contributed by atoms with Gasteiger partial charge in [0.25, 0.3) is 0 Å². The molecular weight excluding hydrogens is 197 g/mol. The predicted octanol–water partition coefficient (Wildman–Crippen LogP) is 1.96. The molecular formula is C13H19BNO. The first-order valence-electron chi connectivity index (χ1n) is 6.04. The molecule has 16 heavy (non-hydrogen) atoms. The van der Waals surface area contributed by atoms with Gasteiger partial charge in [0.1, 0.15) is 7.28 Å². The summed E-state index contributed by atoms with van der Waals surface area (Å²) in [6, 6.07) is 7.14. The van der Waals surface area contributed by atoms with Gasteiger partial charge in [-0.1, -0.05) is 24.4 Å². The Morgan fingerprint density at radius 1 is 1.31 bits per heavy atom. The average molecular weight is 216 g/mol. The second-order valence-electron chi connectivity index (χ2n) is 4.39. The summed E-state index contributed by atoms with van der Waals surface area (Å²) in [5.41, 5.74) is 3.87. The summed E-state index contributed by atoms with van der Waals surface area (Å²) in [5, 5.41) is 3.61. The highest BCUT2D eigenvalue weighted by molar-refractivity contribution is 6.51. The normalized spacial score (nSPS) is 17.1. The summed E-state index contributed by atoms with van der Waals surface area (Å²) >= 11 is 0. The summed E-state index contributed by atoms with van der Waals surface area (Å²) in [7, 11) is 2.13. The van der Waals surface area contributed by atoms with E-state index in [9.17, 15) is 0 Å². The third kappa shape index (κ3) is 2.79. The van der Waals surface area contributed by atoms with Crippen molar-refractivity contribution in [3.63, 3.8) is 0 Å². The zero-order chi connectivity index (χ0) is 11.4. The van der Waals surface area contributed by atoms with Crippen LogP contribution in [0, 0.1) is 6.92 Å². The molecule has 0 saturated carbocycles. The lowest BCUT2D eigenvalue weighted by Gasteiger charge is -2.25. The van der Waals surface area contributed by atoms with Crippen LogP contribution in [0.4, 0.5) is 5.69 Å². The van der Waals surface area contributed by atoms with Gasteiger partial charge in [-0.25, -0.2) is 0 Å². The van der Waals surface area contributed by atoms with E-state index >= 15 is 0 Å². The molecule has 3 heteroatoms. The molecule has 1 heterocycles. The summed E-state index contributed by atoms with van der Waals surface area (Å²) in [4.78, 5) is 0. The molecule has 0 bridgehead atoms. The van der Waals surface area contributed by atoms with Crippen molar-refractivity contribution in [2.24, 2.45) is 0 Å². The molecule has 1 aromatic carbocycles. The largest absolute Gasteiger partial charge is 0.382 e. The first-order chi connectivity index (χ1) is 7.79. The van der Waals surface area contributed by atoms with Crippen LogP contribution in [0.2, 0.25) is 6.82 Å². The topological polar surface area (TPSA) is 21.3 Å². The van der Waals surface area contributed by atoms with Gasteiger partial charge in [0.15, 0.2) is 0 Å². The Labute approximate surface area is 98.6 Å². The number of aryl methyl sites for hydroxylation is 1. The van der Waals surface area contributed by atoms with Gasteiger partial charge in [-0.15, -0.1) is 0 Å². The molecule has 0 aliphatic carbocycles. The SMILES string of the molecule is C[B]c1ccc(NC2CCOCC2)c(C)c1. The number of benzene rings is 1. The van der Waals surface area contributed by atoms with Crippen molar-refractivity contribution in [2.75, 3.05) is 18.5 Å². The van der Waals surface area contributed by atoms with E-state index in [-0.39, 0.29) is 0 Å². The number of rotatable bonds is 3. The van der Waals surface area contributed by atoms with Gasteiger partial charge in [0.05, 0.1) is 0 Å². The van der Waals surface area contributed by atoms with Gasteiger partial charge in [-0.3, -0.25) is 0 Å². The van der Waals surface area contributed by atoms with Crippen molar-refractivity contribution in [3.05, 3.63) is 23.8 Å². The van der Waals surface area contributed by atoms with Crippen LogP contribution in [-0.4, -0.2) is 26.5 Å². The van der Waals surface area contributed by atoms with Gasteiger partial charge in [0.2, 0.25) is 0 Å². The molecule has 85 valence electrons. The molecule has 1 aliphatic rings. The fraction of sp³-hybridized carbons (Fsp3) is 0.538. The van der Waals surface area contributed by atoms with Gasteiger partial charge in [-0.05, 0) is 31.4 Å². The van der Waals surface area contributed by atoms with Crippen LogP contribution in [-0.2, 0) is 4.74 Å². The zero-order valence-electron chi connectivity index (χ0n) is 10.1. The van der Waals surface area contributed by atoms with Gasteiger partial charge in [0, 0.05) is 24.9 Å². The minimum absolute atomic E-state index is 0.573. The molecule has 1 N–H and O–H groups in total. The molecule has 1 radical (unpaired) electrons. The highest BCUT2D eigenvalue weighted by Gasteiger charge is 2.13. The van der Waals surface area contributed by atoms with Crippen LogP contribution in [0.3, 0.4) is 0 Å². The van der Waals surface area contributed by atoms with Crippen LogP contribution in [0.5, 0.6) is 0 Å². The van der Waals surface area contributed by atoms with Crippen molar-refractivity contribution in [1.82, 2.24) is 0 Å². The lowest BCUT2D eigenvalue weighted by molar-refractivity contribution is 0.0904. The summed E-state index contributed by atoms with van der Waals surface area (Å²) < 4.78 is 5.36. The Morgan fingerprint density at radius 3 is 2.69 bits per heavy atom. The molecule has 0 atom stereocenters. The van der Waals surface area contributed by atoms with Gasteiger partial charge >= 0.3 is 0 Å². The molecule has 1 fully saturated rings. The molecule has 0 spiro atoms. The maximum absolute atomic E-state index is 5.36. The second-order valence-corrected chi connectivity index (χ2v) is 4.39. The van der Waals surface area contributed by atoms with Crippen molar-refractivity contribution in [1.29, 1.82) is 0 Å². The van der Waals surface area contributed by atoms with E-state index in [1.165, 1.54) is 16.7 Å². The fourth-order valence-electron chi connectivity index (χ4n) is 2.09. The van der Waals surface area contributed by atoms with Crippen LogP contribution in [0.1, 0.15) is 18.4 Å². The van der Waals surface area contributed by atoms with Crippen molar-refractivity contribution in [3.8, 4) is 0 Å². The van der Waals surface area contributed by atoms with Crippen LogP contribution >= 0.6 is 0 Å². The summed E-state index contributed by atoms with van der Waals surface area (Å²) in [6.07, 6.45) is 2.22. The molecule has 2 nitrogen and oxygen atoms in total. The maximum atomic E-state index is 5.36. The number of nitrogens with one attached hydrogen (secondary N) is 1. The van der Waals surface area contributed by atoms with E-state index in [1.54, 1.807) is 0 Å². The molecule has 1 aliphatic heterocycles. The summed E-state index contributed by atoms with van der Waals surface area (Å²) in [6.45, 7) is 6.00. The Kier molecular flexibility index (Phi) is 3.89. The lowest BCUT2D eigenvalue weighted by atomic mass is 9.73. The first kappa shape index (κ1) is 11.5. The minimum atomic E-state index is 0.573. The van der Waals surface area contributed by atoms with Crippen LogP contribution < -0.4 is 10.8 Å². The van der Waals surface area contributed by atoms with E-state index in [0.717, 1.165) is 26.1 Å². The van der Waals surface area contributed by atoms with E-state index in [4.69, 9.17) is 4.74 Å². The highest BCUT2D eigenvalue weighted by atomic mass is 16.5. The predicted molar refractivity (Wildman–Crippen MR) is 69.9 cm³/mol. The second kappa shape index (κ2) is 5.40. The van der Waals surface area contributed by atoms with Crippen molar-refractivity contribution >= 4 is 18.4 Å². The third-order valence-corrected chi connectivity index (χ3v) is 3.16. The number of anilines is 1. The van der Waals surface area contributed by atoms with E-state index < -0.39 is 0 Å². The minimum Gasteiger partial charge on any atom is -0.382 e. The monoisotopic (exact) mass is 216 g/mol. The Morgan fingerprint density at radius 2 is 2.06 bits per heavy atom. The van der Waals surface area contributed by atoms with Crippen molar-refractivity contribution < 1.29 is 4.74 Å². The van der Waals surface area contributed by atoms with E-state index in [1.807, 2.05) is 0 Å².